The van der Waals surface area contributed by atoms with Crippen LogP contribution in [0.25, 0.3) is 0 Å². The predicted molar refractivity (Wildman–Crippen MR) is 55.6 cm³/mol. The van der Waals surface area contributed by atoms with Crippen molar-refractivity contribution in [1.29, 1.82) is 0 Å². The average molecular weight is 187 g/mol. The summed E-state index contributed by atoms with van der Waals surface area (Å²) in [4.78, 5) is 0. The summed E-state index contributed by atoms with van der Waals surface area (Å²) in [7, 11) is 0. The fraction of sp³-hybridized carbons (Fsp3) is 0.818. The molecule has 0 amide bonds. The Morgan fingerprint density at radius 1 is 1.25 bits per heavy atom. The fourth-order valence-corrected chi connectivity index (χ4v) is 2.49. The summed E-state index contributed by atoms with van der Waals surface area (Å²) in [5.74, 6) is 0.803. The fourth-order valence-electron chi connectivity index (χ4n) is 2.18. The Morgan fingerprint density at radius 3 is 2.08 bits per heavy atom. The van der Waals surface area contributed by atoms with E-state index in [9.17, 15) is 0 Å². The number of hydrogen-bond donors (Lipinski definition) is 0. The summed E-state index contributed by atoms with van der Waals surface area (Å²) >= 11 is 6.03. The van der Waals surface area contributed by atoms with Gasteiger partial charge in [0.1, 0.15) is 0 Å². The smallest absolute Gasteiger partial charge is 0.0286 e. The van der Waals surface area contributed by atoms with Crippen molar-refractivity contribution in [2.75, 3.05) is 5.88 Å². The molecule has 0 aliphatic heterocycles. The Bertz CT molecular complexity index is 166. The molecule has 0 radical (unpaired) electrons. The second-order valence-corrected chi connectivity index (χ2v) is 5.52. The molecule has 1 aliphatic carbocycles. The molecule has 1 heteroatoms. The van der Waals surface area contributed by atoms with Crippen molar-refractivity contribution in [1.82, 2.24) is 0 Å². The lowest BCUT2D eigenvalue weighted by molar-refractivity contribution is 0.208. The molecule has 0 atom stereocenters. The van der Waals surface area contributed by atoms with Gasteiger partial charge in [-0.2, -0.15) is 0 Å². The van der Waals surface area contributed by atoms with E-state index in [1.165, 1.54) is 19.3 Å². The average Bonchev–Trinajstić information content (AvgIpc) is 2.34. The third-order valence-electron chi connectivity index (χ3n) is 2.46. The Morgan fingerprint density at radius 2 is 1.75 bits per heavy atom. The van der Waals surface area contributed by atoms with Crippen LogP contribution in [0.3, 0.4) is 0 Å². The van der Waals surface area contributed by atoms with Gasteiger partial charge in [0, 0.05) is 5.88 Å². The van der Waals surface area contributed by atoms with Crippen LogP contribution in [-0.2, 0) is 0 Å². The zero-order valence-corrected chi connectivity index (χ0v) is 9.12. The standard InChI is InChI=1S/C11H19Cl/c1-10(2,3)8-11(9-12)6-4-5-7-11/h4-5H,6-9H2,1-3H3. The molecule has 0 heterocycles. The van der Waals surface area contributed by atoms with E-state index in [0.717, 1.165) is 5.88 Å². The summed E-state index contributed by atoms with van der Waals surface area (Å²) < 4.78 is 0. The maximum absolute atomic E-state index is 6.03. The van der Waals surface area contributed by atoms with Crippen LogP contribution in [0.15, 0.2) is 12.2 Å². The lowest BCUT2D eigenvalue weighted by Gasteiger charge is -2.33. The second-order valence-electron chi connectivity index (χ2n) is 5.25. The van der Waals surface area contributed by atoms with Gasteiger partial charge in [-0.3, -0.25) is 0 Å². The van der Waals surface area contributed by atoms with E-state index < -0.39 is 0 Å². The molecular formula is C11H19Cl. The molecule has 0 saturated heterocycles. The lowest BCUT2D eigenvalue weighted by atomic mass is 9.73. The minimum Gasteiger partial charge on any atom is -0.126 e. The predicted octanol–water partition coefficient (Wildman–Crippen LogP) is 4.00. The molecule has 0 aromatic rings. The van der Waals surface area contributed by atoms with Crippen LogP contribution in [0, 0.1) is 10.8 Å². The molecule has 0 aromatic heterocycles. The van der Waals surface area contributed by atoms with Gasteiger partial charge in [-0.25, -0.2) is 0 Å². The maximum atomic E-state index is 6.03. The summed E-state index contributed by atoms with van der Waals surface area (Å²) in [6.07, 6.45) is 8.13. The first-order valence-corrected chi connectivity index (χ1v) is 5.22. The van der Waals surface area contributed by atoms with E-state index in [2.05, 4.69) is 32.9 Å². The van der Waals surface area contributed by atoms with E-state index >= 15 is 0 Å². The Labute approximate surface area is 81.0 Å². The number of alkyl halides is 1. The highest BCUT2D eigenvalue weighted by molar-refractivity contribution is 6.18. The van der Waals surface area contributed by atoms with Gasteiger partial charge >= 0.3 is 0 Å². The van der Waals surface area contributed by atoms with Crippen LogP contribution in [0.4, 0.5) is 0 Å². The van der Waals surface area contributed by atoms with Crippen molar-refractivity contribution in [3.05, 3.63) is 12.2 Å². The van der Waals surface area contributed by atoms with Gasteiger partial charge in [-0.05, 0) is 30.1 Å². The van der Waals surface area contributed by atoms with E-state index in [1.54, 1.807) is 0 Å². The van der Waals surface area contributed by atoms with Gasteiger partial charge in [0.15, 0.2) is 0 Å². The summed E-state index contributed by atoms with van der Waals surface area (Å²) in [5.41, 5.74) is 0.778. The third-order valence-corrected chi connectivity index (χ3v) is 3.02. The number of allylic oxidation sites excluding steroid dienone is 2. The van der Waals surface area contributed by atoms with Crippen molar-refractivity contribution >= 4 is 11.6 Å². The largest absolute Gasteiger partial charge is 0.126 e. The number of hydrogen-bond acceptors (Lipinski definition) is 0. The second kappa shape index (κ2) is 3.41. The number of rotatable bonds is 2. The van der Waals surface area contributed by atoms with E-state index in [0.29, 0.717) is 10.8 Å². The molecule has 70 valence electrons. The van der Waals surface area contributed by atoms with Crippen molar-refractivity contribution in [3.63, 3.8) is 0 Å². The SMILES string of the molecule is CC(C)(C)CC1(CCl)CC=CC1. The van der Waals surface area contributed by atoms with Gasteiger partial charge in [0.2, 0.25) is 0 Å². The first-order valence-electron chi connectivity index (χ1n) is 4.68. The van der Waals surface area contributed by atoms with Crippen LogP contribution < -0.4 is 0 Å². The number of halogens is 1. The van der Waals surface area contributed by atoms with Gasteiger partial charge in [-0.15, -0.1) is 11.6 Å². The molecular weight excluding hydrogens is 168 g/mol. The summed E-state index contributed by atoms with van der Waals surface area (Å²) in [5, 5.41) is 0. The summed E-state index contributed by atoms with van der Waals surface area (Å²) in [6, 6.07) is 0. The molecule has 12 heavy (non-hydrogen) atoms. The van der Waals surface area contributed by atoms with Crippen LogP contribution in [0.1, 0.15) is 40.0 Å². The minimum atomic E-state index is 0.375. The molecule has 1 aliphatic rings. The highest BCUT2D eigenvalue weighted by atomic mass is 35.5. The normalized spacial score (nSPS) is 21.7. The Balaban J connectivity index is 2.57. The molecule has 0 N–H and O–H groups in total. The molecule has 0 fully saturated rings. The summed E-state index contributed by atoms with van der Waals surface area (Å²) in [6.45, 7) is 6.87. The van der Waals surface area contributed by atoms with Crippen molar-refractivity contribution in [2.24, 2.45) is 10.8 Å². The highest BCUT2D eigenvalue weighted by Gasteiger charge is 2.34. The molecule has 0 aromatic carbocycles. The maximum Gasteiger partial charge on any atom is 0.0286 e. The van der Waals surface area contributed by atoms with Crippen molar-refractivity contribution < 1.29 is 0 Å². The van der Waals surface area contributed by atoms with Gasteiger partial charge in [-0.1, -0.05) is 32.9 Å². The molecule has 0 bridgehead atoms. The van der Waals surface area contributed by atoms with Crippen LogP contribution in [0.5, 0.6) is 0 Å². The van der Waals surface area contributed by atoms with Crippen LogP contribution >= 0.6 is 11.6 Å². The molecule has 0 unspecified atom stereocenters. The van der Waals surface area contributed by atoms with Gasteiger partial charge in [0.25, 0.3) is 0 Å². The van der Waals surface area contributed by atoms with E-state index in [1.807, 2.05) is 0 Å². The van der Waals surface area contributed by atoms with Crippen LogP contribution in [0.2, 0.25) is 0 Å². The molecule has 1 rings (SSSR count). The topological polar surface area (TPSA) is 0 Å². The zero-order valence-electron chi connectivity index (χ0n) is 8.36. The quantitative estimate of drug-likeness (QED) is 0.452. The van der Waals surface area contributed by atoms with Gasteiger partial charge in [0.05, 0.1) is 0 Å². The van der Waals surface area contributed by atoms with Crippen LogP contribution in [-0.4, -0.2) is 5.88 Å². The minimum absolute atomic E-state index is 0.375. The molecule has 0 saturated carbocycles. The van der Waals surface area contributed by atoms with Gasteiger partial charge < -0.3 is 0 Å². The van der Waals surface area contributed by atoms with E-state index in [-0.39, 0.29) is 0 Å². The zero-order chi connectivity index (χ0) is 9.24. The lowest BCUT2D eigenvalue weighted by Crippen LogP contribution is -2.25. The third kappa shape index (κ3) is 2.52. The Kier molecular flexibility index (Phi) is 2.88. The highest BCUT2D eigenvalue weighted by Crippen LogP contribution is 2.43. The monoisotopic (exact) mass is 186 g/mol. The first kappa shape index (κ1) is 10.1. The Hall–Kier alpha value is 0.0300. The van der Waals surface area contributed by atoms with E-state index in [4.69, 9.17) is 11.6 Å². The first-order chi connectivity index (χ1) is 5.47. The molecule has 0 nitrogen and oxygen atoms in total. The van der Waals surface area contributed by atoms with Crippen molar-refractivity contribution in [3.8, 4) is 0 Å². The molecule has 0 spiro atoms. The van der Waals surface area contributed by atoms with Crippen molar-refractivity contribution in [2.45, 2.75) is 40.0 Å².